The standard InChI is InChI=1S/C15H14Cl2N2O/c16-11-3-1-9(13(17)8-11)7-10-2-4-12(14(10)20)15-18-5-6-19-15/h1,3,7-8,18-19H,2,4-6H2/b10-7+. The van der Waals surface area contributed by atoms with E-state index in [4.69, 9.17) is 23.2 Å². The molecule has 0 bridgehead atoms. The maximum absolute atomic E-state index is 12.4. The van der Waals surface area contributed by atoms with Crippen molar-refractivity contribution in [2.75, 3.05) is 13.1 Å². The van der Waals surface area contributed by atoms with Crippen molar-refractivity contribution in [2.24, 2.45) is 0 Å². The van der Waals surface area contributed by atoms with Crippen molar-refractivity contribution >= 4 is 35.1 Å². The van der Waals surface area contributed by atoms with E-state index in [1.165, 1.54) is 0 Å². The van der Waals surface area contributed by atoms with Crippen molar-refractivity contribution in [2.45, 2.75) is 12.8 Å². The summed E-state index contributed by atoms with van der Waals surface area (Å²) in [6.45, 7) is 1.74. The smallest absolute Gasteiger partial charge is 0.188 e. The molecule has 1 saturated heterocycles. The van der Waals surface area contributed by atoms with E-state index in [2.05, 4.69) is 10.6 Å². The van der Waals surface area contributed by atoms with E-state index in [-0.39, 0.29) is 5.78 Å². The van der Waals surface area contributed by atoms with Crippen LogP contribution in [-0.4, -0.2) is 18.9 Å². The number of benzene rings is 1. The first-order valence-corrected chi connectivity index (χ1v) is 7.32. The second kappa shape index (κ2) is 5.51. The van der Waals surface area contributed by atoms with Crippen LogP contribution in [-0.2, 0) is 4.79 Å². The van der Waals surface area contributed by atoms with E-state index in [0.717, 1.165) is 48.5 Å². The van der Waals surface area contributed by atoms with E-state index in [1.54, 1.807) is 12.1 Å². The van der Waals surface area contributed by atoms with Crippen LogP contribution in [0.5, 0.6) is 0 Å². The third-order valence-electron chi connectivity index (χ3n) is 3.53. The van der Waals surface area contributed by atoms with Gasteiger partial charge in [0.2, 0.25) is 0 Å². The van der Waals surface area contributed by atoms with Gasteiger partial charge in [-0.2, -0.15) is 0 Å². The molecule has 0 spiro atoms. The molecule has 1 aliphatic heterocycles. The molecule has 1 aromatic carbocycles. The van der Waals surface area contributed by atoms with Crippen LogP contribution in [0.3, 0.4) is 0 Å². The Hall–Kier alpha value is -1.45. The fourth-order valence-electron chi connectivity index (χ4n) is 2.51. The summed E-state index contributed by atoms with van der Waals surface area (Å²) in [7, 11) is 0. The topological polar surface area (TPSA) is 41.1 Å². The number of carbonyl (C=O) groups is 1. The first kappa shape index (κ1) is 13.5. The fraction of sp³-hybridized carbons (Fsp3) is 0.267. The molecular formula is C15H14Cl2N2O. The van der Waals surface area contributed by atoms with Crippen LogP contribution in [0.15, 0.2) is 35.2 Å². The summed E-state index contributed by atoms with van der Waals surface area (Å²) in [5, 5.41) is 7.58. The number of hydrogen-bond donors (Lipinski definition) is 2. The van der Waals surface area contributed by atoms with Crippen LogP contribution in [0.25, 0.3) is 6.08 Å². The van der Waals surface area contributed by atoms with Crippen LogP contribution in [0.4, 0.5) is 0 Å². The molecule has 1 saturated carbocycles. The van der Waals surface area contributed by atoms with E-state index >= 15 is 0 Å². The van der Waals surface area contributed by atoms with Crippen LogP contribution >= 0.6 is 23.2 Å². The van der Waals surface area contributed by atoms with Gasteiger partial charge in [0.05, 0.1) is 0 Å². The Morgan fingerprint density at radius 1 is 1.10 bits per heavy atom. The van der Waals surface area contributed by atoms with Gasteiger partial charge in [-0.05, 0) is 36.6 Å². The predicted molar refractivity (Wildman–Crippen MR) is 81.7 cm³/mol. The first-order chi connectivity index (χ1) is 9.65. The molecule has 1 aliphatic carbocycles. The highest BCUT2D eigenvalue weighted by Crippen LogP contribution is 2.31. The van der Waals surface area contributed by atoms with Crippen LogP contribution < -0.4 is 10.6 Å². The number of hydrogen-bond acceptors (Lipinski definition) is 3. The zero-order valence-electron chi connectivity index (χ0n) is 10.8. The Morgan fingerprint density at radius 2 is 1.85 bits per heavy atom. The second-order valence-electron chi connectivity index (χ2n) is 4.87. The van der Waals surface area contributed by atoms with Gasteiger partial charge in [-0.3, -0.25) is 4.79 Å². The summed E-state index contributed by atoms with van der Waals surface area (Å²) >= 11 is 12.0. The Labute approximate surface area is 127 Å². The van der Waals surface area contributed by atoms with Crippen LogP contribution in [0.1, 0.15) is 18.4 Å². The summed E-state index contributed by atoms with van der Waals surface area (Å²) < 4.78 is 0. The number of allylic oxidation sites excluding steroid dienone is 2. The van der Waals surface area contributed by atoms with E-state index in [9.17, 15) is 4.79 Å². The third-order valence-corrected chi connectivity index (χ3v) is 4.10. The van der Waals surface area contributed by atoms with Gasteiger partial charge in [0.25, 0.3) is 0 Å². The second-order valence-corrected chi connectivity index (χ2v) is 5.72. The minimum Gasteiger partial charge on any atom is -0.370 e. The maximum atomic E-state index is 12.4. The largest absolute Gasteiger partial charge is 0.370 e. The number of ketones is 1. The maximum Gasteiger partial charge on any atom is 0.188 e. The molecule has 3 nitrogen and oxygen atoms in total. The average Bonchev–Trinajstić information content (AvgIpc) is 3.03. The van der Waals surface area contributed by atoms with Gasteiger partial charge in [-0.1, -0.05) is 29.3 Å². The van der Waals surface area contributed by atoms with E-state index in [1.807, 2.05) is 12.1 Å². The lowest BCUT2D eigenvalue weighted by molar-refractivity contribution is -0.111. The lowest BCUT2D eigenvalue weighted by Gasteiger charge is -2.03. The predicted octanol–water partition coefficient (Wildman–Crippen LogP) is 3.14. The number of halogens is 2. The van der Waals surface area contributed by atoms with E-state index in [0.29, 0.717) is 10.0 Å². The van der Waals surface area contributed by atoms with Crippen molar-refractivity contribution in [1.29, 1.82) is 0 Å². The monoisotopic (exact) mass is 308 g/mol. The minimum atomic E-state index is 0.105. The van der Waals surface area contributed by atoms with Crippen LogP contribution in [0.2, 0.25) is 10.0 Å². The molecule has 0 atom stereocenters. The average molecular weight is 309 g/mol. The molecule has 3 rings (SSSR count). The van der Waals surface area contributed by atoms with Gasteiger partial charge in [0.15, 0.2) is 5.78 Å². The highest BCUT2D eigenvalue weighted by molar-refractivity contribution is 6.35. The highest BCUT2D eigenvalue weighted by atomic mass is 35.5. The lowest BCUT2D eigenvalue weighted by Crippen LogP contribution is -2.15. The van der Waals surface area contributed by atoms with Crippen molar-refractivity contribution in [3.8, 4) is 0 Å². The minimum absolute atomic E-state index is 0.105. The Kier molecular flexibility index (Phi) is 3.72. The van der Waals surface area contributed by atoms with Gasteiger partial charge in [0.1, 0.15) is 5.82 Å². The zero-order chi connectivity index (χ0) is 14.1. The summed E-state index contributed by atoms with van der Waals surface area (Å²) in [4.78, 5) is 12.4. The quantitative estimate of drug-likeness (QED) is 0.783. The van der Waals surface area contributed by atoms with Gasteiger partial charge < -0.3 is 10.6 Å². The summed E-state index contributed by atoms with van der Waals surface area (Å²) in [6, 6.07) is 5.30. The number of rotatable bonds is 1. The van der Waals surface area contributed by atoms with Gasteiger partial charge in [0, 0.05) is 34.3 Å². The van der Waals surface area contributed by atoms with Gasteiger partial charge in [-0.15, -0.1) is 0 Å². The zero-order valence-corrected chi connectivity index (χ0v) is 12.3. The molecule has 2 N–H and O–H groups in total. The Balaban J connectivity index is 1.90. The molecule has 0 amide bonds. The fourth-order valence-corrected chi connectivity index (χ4v) is 2.98. The van der Waals surface area contributed by atoms with Crippen molar-refractivity contribution in [1.82, 2.24) is 10.6 Å². The van der Waals surface area contributed by atoms with Crippen LogP contribution in [0, 0.1) is 0 Å². The van der Waals surface area contributed by atoms with Crippen molar-refractivity contribution < 1.29 is 4.79 Å². The highest BCUT2D eigenvalue weighted by Gasteiger charge is 2.27. The number of carbonyl (C=O) groups excluding carboxylic acids is 1. The van der Waals surface area contributed by atoms with Gasteiger partial charge >= 0.3 is 0 Å². The Morgan fingerprint density at radius 3 is 2.55 bits per heavy atom. The molecule has 1 aromatic rings. The molecular weight excluding hydrogens is 295 g/mol. The molecule has 104 valence electrons. The van der Waals surface area contributed by atoms with Gasteiger partial charge in [-0.25, -0.2) is 0 Å². The molecule has 1 heterocycles. The molecule has 20 heavy (non-hydrogen) atoms. The molecule has 2 aliphatic rings. The molecule has 0 radical (unpaired) electrons. The van der Waals surface area contributed by atoms with E-state index < -0.39 is 0 Å². The SMILES string of the molecule is O=C1C(=C2NCCN2)CC/C1=C\c1ccc(Cl)cc1Cl. The summed E-state index contributed by atoms with van der Waals surface area (Å²) in [5.41, 5.74) is 2.48. The van der Waals surface area contributed by atoms with Crippen molar-refractivity contribution in [3.05, 3.63) is 50.8 Å². The first-order valence-electron chi connectivity index (χ1n) is 6.56. The molecule has 2 fully saturated rings. The Bertz CT molecular complexity index is 627. The summed E-state index contributed by atoms with van der Waals surface area (Å²) in [5.74, 6) is 0.994. The lowest BCUT2D eigenvalue weighted by atomic mass is 10.1. The summed E-state index contributed by atoms with van der Waals surface area (Å²) in [6.07, 6.45) is 3.38. The molecule has 0 aromatic heterocycles. The molecule has 0 unspecified atom stereocenters. The third kappa shape index (κ3) is 2.56. The number of nitrogens with one attached hydrogen (secondary N) is 2. The molecule has 5 heteroatoms. The normalized spacial score (nSPS) is 20.5. The van der Waals surface area contributed by atoms with Crippen molar-refractivity contribution in [3.63, 3.8) is 0 Å². The number of Topliss-reactive ketones (excluding diaryl/α,β-unsaturated/α-hetero) is 1.